The fraction of sp³-hybridized carbons (Fsp3) is 0.389. The molecule has 1 fully saturated rings. The lowest BCUT2D eigenvalue weighted by atomic mass is 9.95. The molecule has 7 nitrogen and oxygen atoms in total. The second kappa shape index (κ2) is 6.96. The third-order valence-corrected chi connectivity index (χ3v) is 4.48. The molecule has 0 atom stereocenters. The molecule has 1 aliphatic carbocycles. The van der Waals surface area contributed by atoms with Crippen molar-refractivity contribution in [2.24, 2.45) is 0 Å². The van der Waals surface area contributed by atoms with E-state index >= 15 is 0 Å². The molecule has 1 saturated carbocycles. The van der Waals surface area contributed by atoms with Crippen molar-refractivity contribution in [2.75, 3.05) is 17.4 Å². The van der Waals surface area contributed by atoms with Crippen LogP contribution in [0.2, 0.25) is 0 Å². The van der Waals surface area contributed by atoms with Gasteiger partial charge in [0.05, 0.1) is 0 Å². The molecule has 1 amide bonds. The number of benzene rings is 1. The molecule has 2 aromatic rings. The number of ether oxygens (including phenoxy) is 2. The minimum atomic E-state index is -0.310. The SMILES string of the molecule is O=C(Nc1ccc2c(c1)OCO2)c1ccc(NC2CCCCC2)nn1. The standard InChI is InChI=1S/C18H20N4O3/c23-18(20-13-6-8-15-16(10-13)25-11-24-15)14-7-9-17(22-21-14)19-12-4-2-1-3-5-12/h6-10,12H,1-5,11H2,(H,19,22)(H,20,23). The number of carbonyl (C=O) groups excluding carboxylic acids is 1. The summed E-state index contributed by atoms with van der Waals surface area (Å²) >= 11 is 0. The van der Waals surface area contributed by atoms with E-state index in [-0.39, 0.29) is 18.4 Å². The van der Waals surface area contributed by atoms with Gasteiger partial charge in [0.2, 0.25) is 6.79 Å². The molecule has 0 bridgehead atoms. The third kappa shape index (κ3) is 3.65. The number of amides is 1. The smallest absolute Gasteiger partial charge is 0.276 e. The number of anilines is 2. The van der Waals surface area contributed by atoms with Gasteiger partial charge in [-0.15, -0.1) is 10.2 Å². The zero-order valence-electron chi connectivity index (χ0n) is 13.8. The molecular weight excluding hydrogens is 320 g/mol. The van der Waals surface area contributed by atoms with Crippen molar-refractivity contribution in [3.63, 3.8) is 0 Å². The maximum absolute atomic E-state index is 12.3. The van der Waals surface area contributed by atoms with Gasteiger partial charge >= 0.3 is 0 Å². The van der Waals surface area contributed by atoms with Crippen LogP contribution in [0.25, 0.3) is 0 Å². The highest BCUT2D eigenvalue weighted by Gasteiger charge is 2.16. The van der Waals surface area contributed by atoms with Gasteiger partial charge in [-0.2, -0.15) is 0 Å². The maximum atomic E-state index is 12.3. The number of fused-ring (bicyclic) bond motifs is 1. The highest BCUT2D eigenvalue weighted by atomic mass is 16.7. The van der Waals surface area contributed by atoms with Crippen LogP contribution in [0.5, 0.6) is 11.5 Å². The van der Waals surface area contributed by atoms with E-state index in [2.05, 4.69) is 20.8 Å². The number of hydrogen-bond donors (Lipinski definition) is 2. The van der Waals surface area contributed by atoms with Crippen LogP contribution < -0.4 is 20.1 Å². The van der Waals surface area contributed by atoms with Gasteiger partial charge in [0, 0.05) is 17.8 Å². The van der Waals surface area contributed by atoms with E-state index in [0.29, 0.717) is 29.0 Å². The normalized spacial score (nSPS) is 16.5. The van der Waals surface area contributed by atoms with Crippen molar-refractivity contribution < 1.29 is 14.3 Å². The first kappa shape index (κ1) is 15.7. The second-order valence-corrected chi connectivity index (χ2v) is 6.31. The molecule has 1 aromatic carbocycles. The molecule has 7 heteroatoms. The van der Waals surface area contributed by atoms with E-state index in [9.17, 15) is 4.79 Å². The Kier molecular flexibility index (Phi) is 4.37. The predicted octanol–water partition coefficient (Wildman–Crippen LogP) is 3.20. The van der Waals surface area contributed by atoms with Crippen molar-refractivity contribution >= 4 is 17.4 Å². The average Bonchev–Trinajstić information content (AvgIpc) is 3.11. The summed E-state index contributed by atoms with van der Waals surface area (Å²) in [4.78, 5) is 12.3. The van der Waals surface area contributed by atoms with Crippen molar-refractivity contribution in [2.45, 2.75) is 38.1 Å². The van der Waals surface area contributed by atoms with Gasteiger partial charge in [0.25, 0.3) is 5.91 Å². The summed E-state index contributed by atoms with van der Waals surface area (Å²) < 4.78 is 10.6. The second-order valence-electron chi connectivity index (χ2n) is 6.31. The van der Waals surface area contributed by atoms with E-state index in [4.69, 9.17) is 9.47 Å². The summed E-state index contributed by atoms with van der Waals surface area (Å²) in [5.41, 5.74) is 0.896. The number of hydrogen-bond acceptors (Lipinski definition) is 6. The number of aromatic nitrogens is 2. The Bertz CT molecular complexity index is 757. The van der Waals surface area contributed by atoms with Crippen molar-refractivity contribution in [1.82, 2.24) is 10.2 Å². The molecule has 1 aliphatic heterocycles. The first-order chi connectivity index (χ1) is 12.3. The van der Waals surface area contributed by atoms with Crippen molar-refractivity contribution in [1.29, 1.82) is 0 Å². The summed E-state index contributed by atoms with van der Waals surface area (Å²) in [6, 6.07) is 9.19. The first-order valence-electron chi connectivity index (χ1n) is 8.59. The predicted molar refractivity (Wildman–Crippen MR) is 93.0 cm³/mol. The Balaban J connectivity index is 1.38. The summed E-state index contributed by atoms with van der Waals surface area (Å²) in [6.07, 6.45) is 6.13. The topological polar surface area (TPSA) is 85.4 Å². The van der Waals surface area contributed by atoms with E-state index in [1.807, 2.05) is 0 Å². The number of nitrogens with one attached hydrogen (secondary N) is 2. The summed E-state index contributed by atoms with van der Waals surface area (Å²) in [7, 11) is 0. The van der Waals surface area contributed by atoms with Gasteiger partial charge in [-0.05, 0) is 37.1 Å². The quantitative estimate of drug-likeness (QED) is 0.889. The van der Waals surface area contributed by atoms with Crippen LogP contribution in [-0.2, 0) is 0 Å². The van der Waals surface area contributed by atoms with Crippen molar-refractivity contribution in [3.05, 3.63) is 36.0 Å². The Labute approximate surface area is 145 Å². The van der Waals surface area contributed by atoms with Crippen LogP contribution in [0.15, 0.2) is 30.3 Å². The molecule has 25 heavy (non-hydrogen) atoms. The molecule has 130 valence electrons. The summed E-state index contributed by atoms with van der Waals surface area (Å²) in [5.74, 6) is 1.70. The number of rotatable bonds is 4. The number of carbonyl (C=O) groups is 1. The molecule has 2 heterocycles. The molecular formula is C18H20N4O3. The molecule has 0 spiro atoms. The maximum Gasteiger partial charge on any atom is 0.276 e. The molecule has 2 N–H and O–H groups in total. The molecule has 0 radical (unpaired) electrons. The van der Waals surface area contributed by atoms with Crippen LogP contribution in [0.4, 0.5) is 11.5 Å². The van der Waals surface area contributed by atoms with Gasteiger partial charge < -0.3 is 20.1 Å². The third-order valence-electron chi connectivity index (χ3n) is 4.48. The van der Waals surface area contributed by atoms with E-state index < -0.39 is 0 Å². The Morgan fingerprint density at radius 3 is 2.64 bits per heavy atom. The summed E-state index contributed by atoms with van der Waals surface area (Å²) in [6.45, 7) is 0.202. The lowest BCUT2D eigenvalue weighted by Crippen LogP contribution is -2.23. The largest absolute Gasteiger partial charge is 0.454 e. The highest BCUT2D eigenvalue weighted by molar-refractivity contribution is 6.03. The number of nitrogens with zero attached hydrogens (tertiary/aromatic N) is 2. The Morgan fingerprint density at radius 2 is 1.84 bits per heavy atom. The highest BCUT2D eigenvalue weighted by Crippen LogP contribution is 2.34. The fourth-order valence-corrected chi connectivity index (χ4v) is 3.16. The lowest BCUT2D eigenvalue weighted by Gasteiger charge is -2.22. The Hall–Kier alpha value is -2.83. The van der Waals surface area contributed by atoms with Gasteiger partial charge in [-0.1, -0.05) is 19.3 Å². The minimum Gasteiger partial charge on any atom is -0.454 e. The van der Waals surface area contributed by atoms with Gasteiger partial charge in [-0.25, -0.2) is 0 Å². The van der Waals surface area contributed by atoms with Crippen LogP contribution in [0, 0.1) is 0 Å². The van der Waals surface area contributed by atoms with Crippen LogP contribution in [0.3, 0.4) is 0 Å². The minimum absolute atomic E-state index is 0.202. The van der Waals surface area contributed by atoms with E-state index in [0.717, 1.165) is 12.8 Å². The van der Waals surface area contributed by atoms with Gasteiger partial charge in [0.1, 0.15) is 5.82 Å². The zero-order chi connectivity index (χ0) is 17.1. The van der Waals surface area contributed by atoms with Gasteiger partial charge in [0.15, 0.2) is 17.2 Å². The molecule has 2 aliphatic rings. The Morgan fingerprint density at radius 1 is 1.00 bits per heavy atom. The molecule has 0 unspecified atom stereocenters. The molecule has 4 rings (SSSR count). The van der Waals surface area contributed by atoms with Crippen molar-refractivity contribution in [3.8, 4) is 11.5 Å². The van der Waals surface area contributed by atoms with Crippen LogP contribution in [0.1, 0.15) is 42.6 Å². The summed E-state index contributed by atoms with van der Waals surface area (Å²) in [5, 5.41) is 14.3. The average molecular weight is 340 g/mol. The van der Waals surface area contributed by atoms with E-state index in [1.54, 1.807) is 30.3 Å². The lowest BCUT2D eigenvalue weighted by molar-refractivity contribution is 0.102. The van der Waals surface area contributed by atoms with Crippen LogP contribution >= 0.6 is 0 Å². The van der Waals surface area contributed by atoms with Gasteiger partial charge in [-0.3, -0.25) is 4.79 Å². The van der Waals surface area contributed by atoms with Crippen LogP contribution in [-0.4, -0.2) is 28.9 Å². The fourth-order valence-electron chi connectivity index (χ4n) is 3.16. The molecule has 0 saturated heterocycles. The van der Waals surface area contributed by atoms with E-state index in [1.165, 1.54) is 19.3 Å². The first-order valence-corrected chi connectivity index (χ1v) is 8.59. The molecule has 1 aromatic heterocycles. The monoisotopic (exact) mass is 340 g/mol. The zero-order valence-corrected chi connectivity index (χ0v) is 13.8.